The Morgan fingerprint density at radius 3 is 2.50 bits per heavy atom. The smallest absolute Gasteiger partial charge is 0.387 e. The van der Waals surface area contributed by atoms with Crippen LogP contribution >= 0.6 is 11.6 Å². The summed E-state index contributed by atoms with van der Waals surface area (Å²) in [6.45, 7) is 0.287. The molecule has 2 rings (SSSR count). The van der Waals surface area contributed by atoms with Crippen molar-refractivity contribution in [1.29, 1.82) is 0 Å². The lowest BCUT2D eigenvalue weighted by Crippen LogP contribution is -2.24. The number of alkyl halides is 2. The number of halogens is 3. The first-order valence-electron chi connectivity index (χ1n) is 6.81. The normalized spacial score (nSPS) is 10.8. The van der Waals surface area contributed by atoms with E-state index < -0.39 is 18.3 Å². The van der Waals surface area contributed by atoms with Crippen molar-refractivity contribution in [2.45, 2.75) is 20.5 Å². The van der Waals surface area contributed by atoms with Crippen LogP contribution in [0.25, 0.3) is 0 Å². The van der Waals surface area contributed by atoms with E-state index in [0.717, 1.165) is 0 Å². The van der Waals surface area contributed by atoms with E-state index in [1.807, 2.05) is 0 Å². The molecule has 1 aromatic carbocycles. The maximum atomic E-state index is 12.3. The molecule has 0 fully saturated rings. The molecule has 1 aromatic heterocycles. The van der Waals surface area contributed by atoms with Gasteiger partial charge >= 0.3 is 6.61 Å². The molecule has 6 nitrogen and oxygen atoms in total. The van der Waals surface area contributed by atoms with Crippen LogP contribution in [0.5, 0.6) is 5.75 Å². The lowest BCUT2D eigenvalue weighted by molar-refractivity contribution is -0.112. The second kappa shape index (κ2) is 6.96. The van der Waals surface area contributed by atoms with Crippen LogP contribution in [0.3, 0.4) is 0 Å². The lowest BCUT2D eigenvalue weighted by Gasteiger charge is -2.09. The van der Waals surface area contributed by atoms with Gasteiger partial charge in [-0.1, -0.05) is 11.6 Å². The summed E-state index contributed by atoms with van der Waals surface area (Å²) in [4.78, 5) is 24.4. The number of ketones is 1. The molecule has 0 unspecified atom stereocenters. The summed E-state index contributed by atoms with van der Waals surface area (Å²) in [6.07, 6.45) is 0. The second-order valence-corrected chi connectivity index (χ2v) is 5.38. The van der Waals surface area contributed by atoms with Gasteiger partial charge in [0.15, 0.2) is 0 Å². The third-order valence-corrected chi connectivity index (χ3v) is 3.64. The average molecular weight is 358 g/mol. The molecule has 0 spiro atoms. The van der Waals surface area contributed by atoms with Crippen molar-refractivity contribution in [3.8, 4) is 5.75 Å². The van der Waals surface area contributed by atoms with Crippen LogP contribution in [-0.2, 0) is 11.8 Å². The molecule has 0 bridgehead atoms. The summed E-state index contributed by atoms with van der Waals surface area (Å²) >= 11 is 5.80. The Kier molecular flexibility index (Phi) is 5.18. The highest BCUT2D eigenvalue weighted by Crippen LogP contribution is 2.29. The molecule has 0 saturated carbocycles. The van der Waals surface area contributed by atoms with E-state index in [2.05, 4.69) is 15.2 Å². The van der Waals surface area contributed by atoms with Crippen molar-refractivity contribution >= 4 is 29.0 Å². The van der Waals surface area contributed by atoms with E-state index in [-0.39, 0.29) is 22.0 Å². The second-order valence-electron chi connectivity index (χ2n) is 4.98. The largest absolute Gasteiger partial charge is 0.433 e. The lowest BCUT2D eigenvalue weighted by atomic mass is 10.1. The number of ether oxygens (including phenoxy) is 1. The molecule has 1 heterocycles. The predicted octanol–water partition coefficient (Wildman–Crippen LogP) is 3.11. The molecule has 0 aliphatic carbocycles. The fourth-order valence-corrected chi connectivity index (χ4v) is 2.40. The molecule has 0 radical (unpaired) electrons. The number of Topliss-reactive ketones (excluding diaryl/α,β-unsaturated/α-hetero) is 1. The molecule has 0 aliphatic rings. The van der Waals surface area contributed by atoms with Crippen LogP contribution in [0.1, 0.15) is 21.7 Å². The molecule has 24 heavy (non-hydrogen) atoms. The quantitative estimate of drug-likeness (QED) is 0.659. The number of benzene rings is 1. The zero-order valence-electron chi connectivity index (χ0n) is 13.1. The van der Waals surface area contributed by atoms with Gasteiger partial charge in [0.05, 0.1) is 16.3 Å². The highest BCUT2D eigenvalue weighted by Gasteiger charge is 2.24. The maximum absolute atomic E-state index is 12.3. The summed E-state index contributed by atoms with van der Waals surface area (Å²) in [6, 6.07) is 3.69. The third-order valence-electron chi connectivity index (χ3n) is 3.35. The number of amides is 1. The van der Waals surface area contributed by atoms with Crippen LogP contribution in [0.15, 0.2) is 18.2 Å². The molecular weight excluding hydrogens is 344 g/mol. The van der Waals surface area contributed by atoms with Crippen molar-refractivity contribution in [3.63, 3.8) is 0 Å². The summed E-state index contributed by atoms with van der Waals surface area (Å²) in [5.74, 6) is -1.86. The Labute approximate surface area is 141 Å². The van der Waals surface area contributed by atoms with Gasteiger partial charge in [0, 0.05) is 18.4 Å². The Balaban J connectivity index is 2.17. The summed E-state index contributed by atoms with van der Waals surface area (Å²) in [5.41, 5.74) is 1.40. The molecule has 1 amide bonds. The summed E-state index contributed by atoms with van der Waals surface area (Å²) in [5, 5.41) is 6.34. The van der Waals surface area contributed by atoms with Crippen molar-refractivity contribution in [2.75, 3.05) is 5.32 Å². The van der Waals surface area contributed by atoms with E-state index in [9.17, 15) is 18.4 Å². The summed E-state index contributed by atoms with van der Waals surface area (Å²) < 4.78 is 30.1. The van der Waals surface area contributed by atoms with Gasteiger partial charge in [-0.3, -0.25) is 14.3 Å². The number of anilines is 1. The molecule has 1 N–H and O–H groups in total. The van der Waals surface area contributed by atoms with E-state index in [0.29, 0.717) is 11.4 Å². The number of aryl methyl sites for hydroxylation is 2. The van der Waals surface area contributed by atoms with Gasteiger partial charge in [-0.05, 0) is 32.0 Å². The Hall–Kier alpha value is -2.48. The first-order valence-corrected chi connectivity index (χ1v) is 7.18. The van der Waals surface area contributed by atoms with Crippen molar-refractivity contribution in [1.82, 2.24) is 9.78 Å². The Morgan fingerprint density at radius 2 is 2.00 bits per heavy atom. The monoisotopic (exact) mass is 357 g/mol. The maximum Gasteiger partial charge on any atom is 0.387 e. The van der Waals surface area contributed by atoms with Gasteiger partial charge in [0.1, 0.15) is 5.75 Å². The van der Waals surface area contributed by atoms with E-state index in [1.165, 1.54) is 22.9 Å². The molecule has 0 aliphatic heterocycles. The van der Waals surface area contributed by atoms with Crippen molar-refractivity contribution in [2.24, 2.45) is 7.05 Å². The van der Waals surface area contributed by atoms with Crippen molar-refractivity contribution < 1.29 is 23.1 Å². The number of rotatable bonds is 5. The van der Waals surface area contributed by atoms with Crippen LogP contribution < -0.4 is 10.1 Å². The fraction of sp³-hybridized carbons (Fsp3) is 0.267. The van der Waals surface area contributed by atoms with Crippen molar-refractivity contribution in [3.05, 3.63) is 40.2 Å². The molecular formula is C15H14ClF2N3O3. The number of carbonyl (C=O) groups is 2. The molecule has 2 aromatic rings. The van der Waals surface area contributed by atoms with Gasteiger partial charge in [-0.2, -0.15) is 13.9 Å². The van der Waals surface area contributed by atoms with Gasteiger partial charge < -0.3 is 10.1 Å². The number of carbonyl (C=O) groups excluding carboxylic acids is 2. The van der Waals surface area contributed by atoms with E-state index >= 15 is 0 Å². The van der Waals surface area contributed by atoms with Gasteiger partial charge in [0.2, 0.25) is 0 Å². The van der Waals surface area contributed by atoms with Crippen LogP contribution in [0.2, 0.25) is 5.02 Å². The van der Waals surface area contributed by atoms with E-state index in [1.54, 1.807) is 20.9 Å². The molecule has 128 valence electrons. The average Bonchev–Trinajstić information content (AvgIpc) is 2.74. The highest BCUT2D eigenvalue weighted by atomic mass is 35.5. The summed E-state index contributed by atoms with van der Waals surface area (Å²) in [7, 11) is 1.67. The highest BCUT2D eigenvalue weighted by molar-refractivity contribution is 6.47. The minimum absolute atomic E-state index is 0.116. The topological polar surface area (TPSA) is 73.2 Å². The Morgan fingerprint density at radius 1 is 1.33 bits per heavy atom. The van der Waals surface area contributed by atoms with Gasteiger partial charge in [0.25, 0.3) is 11.7 Å². The minimum Gasteiger partial charge on any atom is -0.433 e. The fourth-order valence-electron chi connectivity index (χ4n) is 2.17. The standard InChI is InChI=1S/C15H14ClF2N3O3/c1-7-12(8(2)21(3)20-7)13(22)14(23)19-9-4-5-11(10(16)6-9)24-15(17)18/h4-6,15H,1-3H3,(H,19,23). The SMILES string of the molecule is Cc1nn(C)c(C)c1C(=O)C(=O)Nc1ccc(OC(F)F)c(Cl)c1. The third kappa shape index (κ3) is 3.70. The van der Waals surface area contributed by atoms with Crippen LogP contribution in [0, 0.1) is 13.8 Å². The predicted molar refractivity (Wildman–Crippen MR) is 83.7 cm³/mol. The van der Waals surface area contributed by atoms with Crippen LogP contribution in [-0.4, -0.2) is 28.1 Å². The minimum atomic E-state index is -3.01. The number of hydrogen-bond acceptors (Lipinski definition) is 4. The molecule has 0 saturated heterocycles. The van der Waals surface area contributed by atoms with Crippen LogP contribution in [0.4, 0.5) is 14.5 Å². The van der Waals surface area contributed by atoms with Gasteiger partial charge in [-0.15, -0.1) is 0 Å². The number of aromatic nitrogens is 2. The number of nitrogens with zero attached hydrogens (tertiary/aromatic N) is 2. The first kappa shape index (κ1) is 17.9. The van der Waals surface area contributed by atoms with E-state index in [4.69, 9.17) is 11.6 Å². The number of nitrogens with one attached hydrogen (secondary N) is 1. The zero-order valence-corrected chi connectivity index (χ0v) is 13.8. The zero-order chi connectivity index (χ0) is 18.0. The number of hydrogen-bond donors (Lipinski definition) is 1. The first-order chi connectivity index (χ1) is 11.2. The molecule has 9 heteroatoms. The molecule has 0 atom stereocenters. The van der Waals surface area contributed by atoms with Gasteiger partial charge in [-0.25, -0.2) is 0 Å². The Bertz CT molecular complexity index is 806.